The van der Waals surface area contributed by atoms with E-state index >= 15 is 0 Å². The van der Waals surface area contributed by atoms with Crippen LogP contribution in [0.3, 0.4) is 0 Å². The van der Waals surface area contributed by atoms with Crippen molar-refractivity contribution in [2.75, 3.05) is 0 Å². The summed E-state index contributed by atoms with van der Waals surface area (Å²) in [6.07, 6.45) is 0. The predicted octanol–water partition coefficient (Wildman–Crippen LogP) is 3.03. The molecule has 0 unspecified atom stereocenters. The molecule has 0 aliphatic heterocycles. The van der Waals surface area contributed by atoms with Crippen LogP contribution >= 0.6 is 0 Å². The number of hydrogen-bond donors (Lipinski definition) is 2. The zero-order valence-corrected chi connectivity index (χ0v) is 7.49. The van der Waals surface area contributed by atoms with E-state index in [0.29, 0.717) is 0 Å². The Morgan fingerprint density at radius 3 is 2.71 bits per heavy atom. The van der Waals surface area contributed by atoms with E-state index in [1.54, 1.807) is 6.07 Å². The van der Waals surface area contributed by atoms with E-state index in [-0.39, 0.29) is 5.88 Å². The van der Waals surface area contributed by atoms with E-state index in [4.69, 9.17) is 0 Å². The molecule has 1 heterocycles. The molecule has 3 aromatic rings. The molecule has 0 aliphatic rings. The maximum Gasteiger partial charge on any atom is 0.189 e. The van der Waals surface area contributed by atoms with Crippen molar-refractivity contribution in [1.29, 1.82) is 0 Å². The monoisotopic (exact) mass is 183 g/mol. The van der Waals surface area contributed by atoms with Gasteiger partial charge in [0.1, 0.15) is 0 Å². The molecule has 0 aliphatic carbocycles. The third kappa shape index (κ3) is 0.909. The van der Waals surface area contributed by atoms with Crippen LogP contribution in [0.5, 0.6) is 5.88 Å². The van der Waals surface area contributed by atoms with Crippen molar-refractivity contribution in [3.05, 3.63) is 42.5 Å². The number of aromatic nitrogens is 1. The number of benzene rings is 2. The highest BCUT2D eigenvalue weighted by molar-refractivity contribution is 6.06. The Hall–Kier alpha value is -1.96. The highest BCUT2D eigenvalue weighted by atomic mass is 16.3. The molecule has 68 valence electrons. The van der Waals surface area contributed by atoms with Gasteiger partial charge in [-0.3, -0.25) is 0 Å². The van der Waals surface area contributed by atoms with E-state index < -0.39 is 0 Å². The van der Waals surface area contributed by atoms with Gasteiger partial charge in [-0.2, -0.15) is 0 Å². The summed E-state index contributed by atoms with van der Waals surface area (Å²) in [4.78, 5) is 2.91. The minimum absolute atomic E-state index is 0.219. The third-order valence-electron chi connectivity index (χ3n) is 2.51. The van der Waals surface area contributed by atoms with Crippen LogP contribution in [0, 0.1) is 0 Å². The molecule has 1 aromatic heterocycles. The fraction of sp³-hybridized carbons (Fsp3) is 0. The zero-order valence-electron chi connectivity index (χ0n) is 7.49. The topological polar surface area (TPSA) is 36.0 Å². The molecule has 14 heavy (non-hydrogen) atoms. The van der Waals surface area contributed by atoms with Gasteiger partial charge < -0.3 is 10.1 Å². The smallest absolute Gasteiger partial charge is 0.189 e. The lowest BCUT2D eigenvalue weighted by atomic mass is 10.1. The maximum absolute atomic E-state index is 9.36. The van der Waals surface area contributed by atoms with Gasteiger partial charge in [0.05, 0.1) is 0 Å². The minimum Gasteiger partial charge on any atom is -0.495 e. The second-order valence-electron chi connectivity index (χ2n) is 3.40. The lowest BCUT2D eigenvalue weighted by Gasteiger charge is -1.97. The van der Waals surface area contributed by atoms with Crippen molar-refractivity contribution in [2.24, 2.45) is 0 Å². The van der Waals surface area contributed by atoms with Gasteiger partial charge in [-0.15, -0.1) is 0 Å². The Morgan fingerprint density at radius 2 is 1.79 bits per heavy atom. The largest absolute Gasteiger partial charge is 0.495 e. The lowest BCUT2D eigenvalue weighted by molar-refractivity contribution is 0.458. The molecular weight excluding hydrogens is 174 g/mol. The molecular formula is C12H9NO. The Balaban J connectivity index is 2.60. The van der Waals surface area contributed by atoms with E-state index in [2.05, 4.69) is 17.1 Å². The Bertz CT molecular complexity index is 610. The number of rotatable bonds is 0. The van der Waals surface area contributed by atoms with Crippen LogP contribution < -0.4 is 0 Å². The van der Waals surface area contributed by atoms with Crippen LogP contribution in [0.4, 0.5) is 0 Å². The van der Waals surface area contributed by atoms with Crippen molar-refractivity contribution >= 4 is 21.7 Å². The summed E-state index contributed by atoms with van der Waals surface area (Å²) < 4.78 is 0. The summed E-state index contributed by atoms with van der Waals surface area (Å²) in [5.74, 6) is 0.219. The molecule has 0 spiro atoms. The summed E-state index contributed by atoms with van der Waals surface area (Å²) in [5, 5.41) is 12.8. The zero-order chi connectivity index (χ0) is 9.54. The summed E-state index contributed by atoms with van der Waals surface area (Å²) in [7, 11) is 0. The molecule has 3 rings (SSSR count). The van der Waals surface area contributed by atoms with Gasteiger partial charge >= 0.3 is 0 Å². The highest BCUT2D eigenvalue weighted by Gasteiger charge is 2.02. The Morgan fingerprint density at radius 1 is 0.929 bits per heavy atom. The predicted molar refractivity (Wildman–Crippen MR) is 57.5 cm³/mol. The molecule has 0 radical (unpaired) electrons. The molecule has 0 fully saturated rings. The van der Waals surface area contributed by atoms with Gasteiger partial charge in [0, 0.05) is 17.0 Å². The summed E-state index contributed by atoms with van der Waals surface area (Å²) in [6, 6.07) is 13.9. The Kier molecular flexibility index (Phi) is 1.34. The van der Waals surface area contributed by atoms with Crippen molar-refractivity contribution in [2.45, 2.75) is 0 Å². The van der Waals surface area contributed by atoms with E-state index in [1.165, 1.54) is 10.8 Å². The molecule has 2 nitrogen and oxygen atoms in total. The van der Waals surface area contributed by atoms with E-state index in [1.807, 2.05) is 24.3 Å². The van der Waals surface area contributed by atoms with Crippen LogP contribution in [0.1, 0.15) is 0 Å². The average Bonchev–Trinajstić information content (AvgIpc) is 2.59. The quantitative estimate of drug-likeness (QED) is 0.552. The van der Waals surface area contributed by atoms with Crippen molar-refractivity contribution in [3.63, 3.8) is 0 Å². The molecule has 0 bridgehead atoms. The van der Waals surface area contributed by atoms with Crippen molar-refractivity contribution < 1.29 is 5.11 Å². The van der Waals surface area contributed by atoms with Gasteiger partial charge in [0.15, 0.2) is 5.88 Å². The molecule has 2 aromatic carbocycles. The second kappa shape index (κ2) is 2.51. The molecule has 0 atom stereocenters. The number of H-pyrrole nitrogens is 1. The number of hydrogen-bond acceptors (Lipinski definition) is 1. The normalized spacial score (nSPS) is 11.1. The number of aromatic hydroxyl groups is 1. The molecule has 2 N–H and O–H groups in total. The van der Waals surface area contributed by atoms with Crippen molar-refractivity contribution in [1.82, 2.24) is 4.98 Å². The number of aromatic amines is 1. The summed E-state index contributed by atoms with van der Waals surface area (Å²) in [5.41, 5.74) is 0.973. The SMILES string of the molecule is Oc1cc2c(ccc3ccccc32)[nH]1. The van der Waals surface area contributed by atoms with Crippen LogP contribution in [-0.4, -0.2) is 10.1 Å². The fourth-order valence-corrected chi connectivity index (χ4v) is 1.87. The molecule has 0 saturated heterocycles. The van der Waals surface area contributed by atoms with Crippen LogP contribution in [0.2, 0.25) is 0 Å². The maximum atomic E-state index is 9.36. The van der Waals surface area contributed by atoms with E-state index in [9.17, 15) is 5.11 Å². The minimum atomic E-state index is 0.219. The first-order valence-electron chi connectivity index (χ1n) is 4.54. The standard InChI is InChI=1S/C12H9NO/c14-12-7-10-9-4-2-1-3-8(9)5-6-11(10)13-12/h1-7,13-14H. The number of nitrogens with one attached hydrogen (secondary N) is 1. The molecule has 0 amide bonds. The first kappa shape index (κ1) is 7.44. The second-order valence-corrected chi connectivity index (χ2v) is 3.40. The van der Waals surface area contributed by atoms with Gasteiger partial charge in [-0.25, -0.2) is 0 Å². The van der Waals surface area contributed by atoms with E-state index in [0.717, 1.165) is 10.9 Å². The number of fused-ring (bicyclic) bond motifs is 3. The molecule has 2 heteroatoms. The lowest BCUT2D eigenvalue weighted by Crippen LogP contribution is -1.72. The first-order valence-corrected chi connectivity index (χ1v) is 4.54. The van der Waals surface area contributed by atoms with Crippen LogP contribution in [0.25, 0.3) is 21.7 Å². The summed E-state index contributed by atoms with van der Waals surface area (Å²) in [6.45, 7) is 0. The van der Waals surface area contributed by atoms with Gasteiger partial charge in [0.2, 0.25) is 0 Å². The van der Waals surface area contributed by atoms with Gasteiger partial charge in [0.25, 0.3) is 0 Å². The van der Waals surface area contributed by atoms with Gasteiger partial charge in [-0.05, 0) is 16.8 Å². The fourth-order valence-electron chi connectivity index (χ4n) is 1.87. The van der Waals surface area contributed by atoms with Crippen molar-refractivity contribution in [3.8, 4) is 5.88 Å². The van der Waals surface area contributed by atoms with Gasteiger partial charge in [-0.1, -0.05) is 30.3 Å². The van der Waals surface area contributed by atoms with Crippen LogP contribution in [0.15, 0.2) is 42.5 Å². The third-order valence-corrected chi connectivity index (χ3v) is 2.51. The first-order chi connectivity index (χ1) is 6.84. The Labute approximate surface area is 80.8 Å². The summed E-state index contributed by atoms with van der Waals surface area (Å²) >= 11 is 0. The average molecular weight is 183 g/mol. The molecule has 0 saturated carbocycles. The van der Waals surface area contributed by atoms with Crippen LogP contribution in [-0.2, 0) is 0 Å². The highest BCUT2D eigenvalue weighted by Crippen LogP contribution is 2.27.